The molecule has 0 unspecified atom stereocenters. The molecule has 1 amide bonds. The monoisotopic (exact) mass is 289 g/mol. The van der Waals surface area contributed by atoms with E-state index in [0.717, 1.165) is 17.0 Å². The molecule has 1 aromatic heterocycles. The van der Waals surface area contributed by atoms with Gasteiger partial charge in [-0.15, -0.1) is 0 Å². The second-order valence-corrected chi connectivity index (χ2v) is 4.75. The average molecular weight is 289 g/mol. The zero-order valence-corrected chi connectivity index (χ0v) is 12.2. The molecule has 2 aromatic rings. The normalized spacial score (nSPS) is 10.4. The third-order valence-electron chi connectivity index (χ3n) is 3.09. The fourth-order valence-corrected chi connectivity index (χ4v) is 1.90. The standard InChI is InChI=1S/C15H19N3O3/c1-10-14(11(2)21-18-10)9-15(19)17-7-8-20-13-5-3-12(16)4-6-13/h3-6H,7-9,16H2,1-2H3,(H,17,19). The van der Waals surface area contributed by atoms with E-state index in [2.05, 4.69) is 10.5 Å². The van der Waals surface area contributed by atoms with E-state index in [1.807, 2.05) is 6.92 Å². The minimum Gasteiger partial charge on any atom is -0.492 e. The topological polar surface area (TPSA) is 90.4 Å². The van der Waals surface area contributed by atoms with Gasteiger partial charge in [-0.25, -0.2) is 0 Å². The zero-order valence-electron chi connectivity index (χ0n) is 12.2. The molecule has 0 atom stereocenters. The summed E-state index contributed by atoms with van der Waals surface area (Å²) in [6.45, 7) is 4.46. The van der Waals surface area contributed by atoms with Crippen LogP contribution in [0.25, 0.3) is 0 Å². The van der Waals surface area contributed by atoms with E-state index in [-0.39, 0.29) is 12.3 Å². The lowest BCUT2D eigenvalue weighted by Gasteiger charge is -2.08. The van der Waals surface area contributed by atoms with Crippen molar-refractivity contribution in [1.82, 2.24) is 10.5 Å². The van der Waals surface area contributed by atoms with Gasteiger partial charge in [-0.05, 0) is 38.1 Å². The molecular formula is C15H19N3O3. The Kier molecular flexibility index (Phi) is 4.81. The number of hydrogen-bond donors (Lipinski definition) is 2. The van der Waals surface area contributed by atoms with Gasteiger partial charge in [0.15, 0.2) is 0 Å². The van der Waals surface area contributed by atoms with Crippen LogP contribution in [0.5, 0.6) is 5.75 Å². The van der Waals surface area contributed by atoms with Gasteiger partial charge >= 0.3 is 0 Å². The number of amides is 1. The summed E-state index contributed by atoms with van der Waals surface area (Å²) < 4.78 is 10.5. The number of aromatic nitrogens is 1. The van der Waals surface area contributed by atoms with Crippen LogP contribution in [0, 0.1) is 13.8 Å². The Morgan fingerprint density at radius 2 is 2.05 bits per heavy atom. The lowest BCUT2D eigenvalue weighted by molar-refractivity contribution is -0.120. The molecule has 112 valence electrons. The summed E-state index contributed by atoms with van der Waals surface area (Å²) >= 11 is 0. The number of carbonyl (C=O) groups is 1. The van der Waals surface area contributed by atoms with E-state index in [1.54, 1.807) is 31.2 Å². The maximum absolute atomic E-state index is 11.8. The Balaban J connectivity index is 1.71. The molecule has 0 spiro atoms. The first-order valence-electron chi connectivity index (χ1n) is 6.73. The van der Waals surface area contributed by atoms with Crippen molar-refractivity contribution in [2.45, 2.75) is 20.3 Å². The third kappa shape index (κ3) is 4.24. The molecule has 0 radical (unpaired) electrons. The van der Waals surface area contributed by atoms with Crippen molar-refractivity contribution in [3.63, 3.8) is 0 Å². The summed E-state index contributed by atoms with van der Waals surface area (Å²) in [4.78, 5) is 11.8. The van der Waals surface area contributed by atoms with Crippen molar-refractivity contribution >= 4 is 11.6 Å². The number of carbonyl (C=O) groups excluding carboxylic acids is 1. The fraction of sp³-hybridized carbons (Fsp3) is 0.333. The van der Waals surface area contributed by atoms with Gasteiger partial charge in [-0.3, -0.25) is 4.79 Å². The van der Waals surface area contributed by atoms with Crippen molar-refractivity contribution in [1.29, 1.82) is 0 Å². The summed E-state index contributed by atoms with van der Waals surface area (Å²) in [5.74, 6) is 1.33. The second kappa shape index (κ2) is 6.78. The minimum atomic E-state index is -0.0784. The van der Waals surface area contributed by atoms with Gasteiger partial charge in [0.05, 0.1) is 18.7 Å². The van der Waals surface area contributed by atoms with Gasteiger partial charge in [0, 0.05) is 11.3 Å². The molecular weight excluding hydrogens is 270 g/mol. The Morgan fingerprint density at radius 3 is 2.67 bits per heavy atom. The smallest absolute Gasteiger partial charge is 0.224 e. The molecule has 21 heavy (non-hydrogen) atoms. The van der Waals surface area contributed by atoms with E-state index < -0.39 is 0 Å². The quantitative estimate of drug-likeness (QED) is 0.623. The van der Waals surface area contributed by atoms with Gasteiger partial charge in [0.1, 0.15) is 18.1 Å². The number of ether oxygens (including phenoxy) is 1. The van der Waals surface area contributed by atoms with E-state index in [9.17, 15) is 4.79 Å². The number of anilines is 1. The molecule has 2 rings (SSSR count). The van der Waals surface area contributed by atoms with E-state index >= 15 is 0 Å². The Hall–Kier alpha value is -2.50. The predicted molar refractivity (Wildman–Crippen MR) is 79.0 cm³/mol. The summed E-state index contributed by atoms with van der Waals surface area (Å²) in [7, 11) is 0. The van der Waals surface area contributed by atoms with Crippen molar-refractivity contribution in [3.05, 3.63) is 41.3 Å². The highest BCUT2D eigenvalue weighted by Gasteiger charge is 2.12. The van der Waals surface area contributed by atoms with Crippen molar-refractivity contribution in [3.8, 4) is 5.75 Å². The summed E-state index contributed by atoms with van der Waals surface area (Å²) in [5.41, 5.74) is 7.87. The summed E-state index contributed by atoms with van der Waals surface area (Å²) in [5, 5.41) is 6.62. The Bertz CT molecular complexity index is 586. The predicted octanol–water partition coefficient (Wildman–Crippen LogP) is 1.61. The maximum atomic E-state index is 11.8. The van der Waals surface area contributed by atoms with Gasteiger partial charge < -0.3 is 20.3 Å². The molecule has 0 fully saturated rings. The molecule has 6 nitrogen and oxygen atoms in total. The fourth-order valence-electron chi connectivity index (χ4n) is 1.90. The van der Waals surface area contributed by atoms with Crippen molar-refractivity contribution in [2.75, 3.05) is 18.9 Å². The lowest BCUT2D eigenvalue weighted by Crippen LogP contribution is -2.29. The van der Waals surface area contributed by atoms with Crippen molar-refractivity contribution < 1.29 is 14.1 Å². The number of aryl methyl sites for hydroxylation is 2. The summed E-state index contributed by atoms with van der Waals surface area (Å²) in [6, 6.07) is 7.12. The van der Waals surface area contributed by atoms with E-state index in [1.165, 1.54) is 0 Å². The van der Waals surface area contributed by atoms with Crippen LogP contribution in [0.1, 0.15) is 17.0 Å². The number of nitrogen functional groups attached to an aromatic ring is 1. The lowest BCUT2D eigenvalue weighted by atomic mass is 10.1. The van der Waals surface area contributed by atoms with Gasteiger partial charge in [0.2, 0.25) is 5.91 Å². The Morgan fingerprint density at radius 1 is 1.33 bits per heavy atom. The molecule has 0 aliphatic carbocycles. The second-order valence-electron chi connectivity index (χ2n) is 4.75. The maximum Gasteiger partial charge on any atom is 0.224 e. The number of nitrogens with one attached hydrogen (secondary N) is 1. The van der Waals surface area contributed by atoms with Crippen LogP contribution in [0.4, 0.5) is 5.69 Å². The van der Waals surface area contributed by atoms with Gasteiger partial charge in [-0.1, -0.05) is 5.16 Å². The first-order chi connectivity index (χ1) is 10.1. The van der Waals surface area contributed by atoms with Crippen LogP contribution in [-0.4, -0.2) is 24.2 Å². The highest BCUT2D eigenvalue weighted by molar-refractivity contribution is 5.78. The number of nitrogens with zero attached hydrogens (tertiary/aromatic N) is 1. The van der Waals surface area contributed by atoms with Crippen molar-refractivity contribution in [2.24, 2.45) is 0 Å². The van der Waals surface area contributed by atoms with Crippen LogP contribution in [0.3, 0.4) is 0 Å². The number of benzene rings is 1. The van der Waals surface area contributed by atoms with Crippen LogP contribution >= 0.6 is 0 Å². The highest BCUT2D eigenvalue weighted by atomic mass is 16.5. The number of nitrogens with two attached hydrogens (primary N) is 1. The average Bonchev–Trinajstić information content (AvgIpc) is 2.77. The van der Waals surface area contributed by atoms with Crippen LogP contribution < -0.4 is 15.8 Å². The highest BCUT2D eigenvalue weighted by Crippen LogP contribution is 2.13. The minimum absolute atomic E-state index is 0.0784. The molecule has 0 aliphatic heterocycles. The van der Waals surface area contributed by atoms with E-state index in [0.29, 0.717) is 24.6 Å². The molecule has 1 aromatic carbocycles. The zero-order chi connectivity index (χ0) is 15.2. The molecule has 6 heteroatoms. The Labute approximate surface area is 123 Å². The molecule has 0 saturated carbocycles. The molecule has 0 saturated heterocycles. The first-order valence-corrected chi connectivity index (χ1v) is 6.73. The summed E-state index contributed by atoms with van der Waals surface area (Å²) in [6.07, 6.45) is 0.267. The number of rotatable bonds is 6. The van der Waals surface area contributed by atoms with Gasteiger partial charge in [-0.2, -0.15) is 0 Å². The molecule has 3 N–H and O–H groups in total. The van der Waals surface area contributed by atoms with Crippen LogP contribution in [-0.2, 0) is 11.2 Å². The molecule has 0 aliphatic rings. The first kappa shape index (κ1) is 14.9. The van der Waals surface area contributed by atoms with Crippen LogP contribution in [0.2, 0.25) is 0 Å². The van der Waals surface area contributed by atoms with Crippen LogP contribution in [0.15, 0.2) is 28.8 Å². The molecule has 0 bridgehead atoms. The van der Waals surface area contributed by atoms with Gasteiger partial charge in [0.25, 0.3) is 0 Å². The molecule has 1 heterocycles. The third-order valence-corrected chi connectivity index (χ3v) is 3.09. The van der Waals surface area contributed by atoms with E-state index in [4.69, 9.17) is 15.0 Å². The largest absolute Gasteiger partial charge is 0.492 e. The number of hydrogen-bond acceptors (Lipinski definition) is 5. The SMILES string of the molecule is Cc1noc(C)c1CC(=O)NCCOc1ccc(N)cc1.